The molecule has 3 aromatic carbocycles. The van der Waals surface area contributed by atoms with Crippen LogP contribution in [-0.4, -0.2) is 37.6 Å². The minimum absolute atomic E-state index is 0.0223. The van der Waals surface area contributed by atoms with E-state index in [1.807, 2.05) is 18.2 Å². The molecule has 0 saturated carbocycles. The van der Waals surface area contributed by atoms with E-state index in [4.69, 9.17) is 21.1 Å². The molecule has 1 heterocycles. The van der Waals surface area contributed by atoms with Gasteiger partial charge < -0.3 is 19.7 Å². The summed E-state index contributed by atoms with van der Waals surface area (Å²) in [6.07, 6.45) is 1.01. The van der Waals surface area contributed by atoms with E-state index in [-0.39, 0.29) is 33.9 Å². The van der Waals surface area contributed by atoms with Crippen molar-refractivity contribution in [1.29, 1.82) is 0 Å². The van der Waals surface area contributed by atoms with E-state index in [0.717, 1.165) is 19.5 Å². The normalized spacial score (nSPS) is 15.1. The Kier molecular flexibility index (Phi) is 7.18. The molecule has 0 spiro atoms. The number of halogens is 1. The minimum atomic E-state index is -0.572. The quantitative estimate of drug-likeness (QED) is 0.346. The zero-order valence-corrected chi connectivity index (χ0v) is 19.3. The molecule has 1 aliphatic heterocycles. The summed E-state index contributed by atoms with van der Waals surface area (Å²) in [5.74, 6) is 0.695. The SMILES string of the molecule is COc1cc(C(=O)NCC2CCN(c3ccccc3)C2)ccc1Oc1ccc(Cl)cc1[N+](=O)[O-]. The Labute approximate surface area is 202 Å². The van der Waals surface area contributed by atoms with E-state index in [1.165, 1.54) is 31.0 Å². The fourth-order valence-electron chi connectivity index (χ4n) is 3.94. The lowest BCUT2D eigenvalue weighted by Crippen LogP contribution is -2.31. The Hall–Kier alpha value is -3.78. The van der Waals surface area contributed by atoms with Crippen molar-refractivity contribution in [3.05, 3.63) is 87.4 Å². The van der Waals surface area contributed by atoms with Gasteiger partial charge in [-0.15, -0.1) is 0 Å². The van der Waals surface area contributed by atoms with E-state index >= 15 is 0 Å². The lowest BCUT2D eigenvalue weighted by Gasteiger charge is -2.18. The number of nitrogens with zero attached hydrogens (tertiary/aromatic N) is 2. The molecule has 1 amide bonds. The van der Waals surface area contributed by atoms with Crippen molar-refractivity contribution in [1.82, 2.24) is 5.32 Å². The van der Waals surface area contributed by atoms with Crippen molar-refractivity contribution in [2.75, 3.05) is 31.6 Å². The Morgan fingerprint density at radius 2 is 1.88 bits per heavy atom. The lowest BCUT2D eigenvalue weighted by molar-refractivity contribution is -0.385. The van der Waals surface area contributed by atoms with Crippen LogP contribution in [0.2, 0.25) is 5.02 Å². The van der Waals surface area contributed by atoms with Crippen LogP contribution in [-0.2, 0) is 0 Å². The van der Waals surface area contributed by atoms with Gasteiger partial charge in [0.15, 0.2) is 11.5 Å². The van der Waals surface area contributed by atoms with E-state index in [1.54, 1.807) is 18.2 Å². The second-order valence-electron chi connectivity index (χ2n) is 7.98. The van der Waals surface area contributed by atoms with Gasteiger partial charge in [0.1, 0.15) is 0 Å². The van der Waals surface area contributed by atoms with Gasteiger partial charge in [-0.25, -0.2) is 0 Å². The first-order valence-electron chi connectivity index (χ1n) is 10.8. The van der Waals surface area contributed by atoms with Crippen molar-refractivity contribution in [2.24, 2.45) is 5.92 Å². The number of rotatable bonds is 8. The molecule has 3 aromatic rings. The Bertz CT molecular complexity index is 1190. The highest BCUT2D eigenvalue weighted by Gasteiger charge is 2.24. The highest BCUT2D eigenvalue weighted by Crippen LogP contribution is 2.38. The number of methoxy groups -OCH3 is 1. The summed E-state index contributed by atoms with van der Waals surface area (Å²) < 4.78 is 11.1. The van der Waals surface area contributed by atoms with Gasteiger partial charge in [0, 0.05) is 42.0 Å². The number of carbonyl (C=O) groups is 1. The molecule has 34 heavy (non-hydrogen) atoms. The van der Waals surface area contributed by atoms with Gasteiger partial charge in [0.25, 0.3) is 5.91 Å². The minimum Gasteiger partial charge on any atom is -0.493 e. The molecule has 0 aromatic heterocycles. The number of nitro benzene ring substituents is 1. The van der Waals surface area contributed by atoms with Gasteiger partial charge in [-0.3, -0.25) is 14.9 Å². The van der Waals surface area contributed by atoms with Crippen LogP contribution in [0, 0.1) is 16.0 Å². The maximum Gasteiger partial charge on any atom is 0.313 e. The largest absolute Gasteiger partial charge is 0.493 e. The number of nitrogens with one attached hydrogen (secondary N) is 1. The van der Waals surface area contributed by atoms with Gasteiger partial charge in [0.2, 0.25) is 5.75 Å². The summed E-state index contributed by atoms with van der Waals surface area (Å²) in [7, 11) is 1.44. The van der Waals surface area contributed by atoms with Crippen molar-refractivity contribution in [3.63, 3.8) is 0 Å². The number of para-hydroxylation sites is 1. The van der Waals surface area contributed by atoms with Crippen LogP contribution >= 0.6 is 11.6 Å². The molecule has 1 aliphatic rings. The molecule has 1 unspecified atom stereocenters. The van der Waals surface area contributed by atoms with E-state index in [9.17, 15) is 14.9 Å². The zero-order valence-electron chi connectivity index (χ0n) is 18.6. The number of hydrogen-bond donors (Lipinski definition) is 1. The summed E-state index contributed by atoms with van der Waals surface area (Å²) in [4.78, 5) is 25.8. The number of benzene rings is 3. The topological polar surface area (TPSA) is 93.9 Å². The van der Waals surface area contributed by atoms with Crippen LogP contribution in [0.15, 0.2) is 66.7 Å². The summed E-state index contributed by atoms with van der Waals surface area (Å²) in [5, 5.41) is 14.6. The third-order valence-corrected chi connectivity index (χ3v) is 5.96. The lowest BCUT2D eigenvalue weighted by atomic mass is 10.1. The number of nitro groups is 1. The first kappa shape index (κ1) is 23.4. The molecular weight excluding hydrogens is 458 g/mol. The van der Waals surface area contributed by atoms with Crippen molar-refractivity contribution in [2.45, 2.75) is 6.42 Å². The fourth-order valence-corrected chi connectivity index (χ4v) is 4.11. The molecule has 176 valence electrons. The molecule has 9 heteroatoms. The molecule has 8 nitrogen and oxygen atoms in total. The highest BCUT2D eigenvalue weighted by atomic mass is 35.5. The summed E-state index contributed by atoms with van der Waals surface area (Å²) in [6, 6.07) is 19.1. The molecular formula is C25H24ClN3O5. The standard InChI is InChI=1S/C25H24ClN3O5/c1-33-24-13-18(7-9-23(24)34-22-10-8-19(26)14-21(22)29(31)32)25(30)27-15-17-11-12-28(16-17)20-5-3-2-4-6-20/h2-10,13-14,17H,11-12,15-16H2,1H3,(H,27,30). The van der Waals surface area contributed by atoms with Crippen LogP contribution < -0.4 is 19.7 Å². The molecule has 0 aliphatic carbocycles. The fraction of sp³-hybridized carbons (Fsp3) is 0.240. The van der Waals surface area contributed by atoms with Gasteiger partial charge in [-0.2, -0.15) is 0 Å². The summed E-state index contributed by atoms with van der Waals surface area (Å²) in [5.41, 5.74) is 1.34. The summed E-state index contributed by atoms with van der Waals surface area (Å²) in [6.45, 7) is 2.42. The van der Waals surface area contributed by atoms with Crippen molar-refractivity contribution < 1.29 is 19.2 Å². The number of carbonyl (C=O) groups excluding carboxylic acids is 1. The molecule has 1 N–H and O–H groups in total. The Morgan fingerprint density at radius 1 is 1.12 bits per heavy atom. The van der Waals surface area contributed by atoms with Crippen LogP contribution in [0.4, 0.5) is 11.4 Å². The van der Waals surface area contributed by atoms with Gasteiger partial charge in [0.05, 0.1) is 12.0 Å². The van der Waals surface area contributed by atoms with Gasteiger partial charge >= 0.3 is 5.69 Å². The predicted octanol–water partition coefficient (Wildman–Crippen LogP) is 5.31. The van der Waals surface area contributed by atoms with Crippen molar-refractivity contribution in [3.8, 4) is 17.2 Å². The highest BCUT2D eigenvalue weighted by molar-refractivity contribution is 6.30. The Morgan fingerprint density at radius 3 is 2.62 bits per heavy atom. The molecule has 1 saturated heterocycles. The van der Waals surface area contributed by atoms with Crippen LogP contribution in [0.25, 0.3) is 0 Å². The number of amides is 1. The molecule has 1 fully saturated rings. The van der Waals surface area contributed by atoms with Gasteiger partial charge in [-0.1, -0.05) is 29.8 Å². The second-order valence-corrected chi connectivity index (χ2v) is 8.42. The zero-order chi connectivity index (χ0) is 24.1. The van der Waals surface area contributed by atoms with Crippen molar-refractivity contribution >= 4 is 28.9 Å². The first-order chi connectivity index (χ1) is 16.4. The maximum atomic E-state index is 12.7. The smallest absolute Gasteiger partial charge is 0.313 e. The molecule has 0 bridgehead atoms. The Balaban J connectivity index is 1.40. The maximum absolute atomic E-state index is 12.7. The predicted molar refractivity (Wildman–Crippen MR) is 130 cm³/mol. The number of hydrogen-bond acceptors (Lipinski definition) is 6. The number of anilines is 1. The second kappa shape index (κ2) is 10.4. The molecule has 4 rings (SSSR count). The average Bonchev–Trinajstić information content (AvgIpc) is 3.33. The van der Waals surface area contributed by atoms with Crippen LogP contribution in [0.3, 0.4) is 0 Å². The average molecular weight is 482 g/mol. The molecule has 1 atom stereocenters. The molecule has 0 radical (unpaired) electrons. The van der Waals surface area contributed by atoms with E-state index in [0.29, 0.717) is 18.0 Å². The van der Waals surface area contributed by atoms with Crippen LogP contribution in [0.5, 0.6) is 17.2 Å². The third kappa shape index (κ3) is 5.40. The number of ether oxygens (including phenoxy) is 2. The van der Waals surface area contributed by atoms with E-state index < -0.39 is 4.92 Å². The van der Waals surface area contributed by atoms with Gasteiger partial charge in [-0.05, 0) is 54.8 Å². The first-order valence-corrected chi connectivity index (χ1v) is 11.2. The van der Waals surface area contributed by atoms with E-state index in [2.05, 4.69) is 22.3 Å². The monoisotopic (exact) mass is 481 g/mol. The third-order valence-electron chi connectivity index (χ3n) is 5.72. The van der Waals surface area contributed by atoms with Crippen LogP contribution in [0.1, 0.15) is 16.8 Å². The summed E-state index contributed by atoms with van der Waals surface area (Å²) >= 11 is 5.86.